The second kappa shape index (κ2) is 7.25. The van der Waals surface area contributed by atoms with Gasteiger partial charge in [-0.25, -0.2) is 4.98 Å². The minimum atomic E-state index is -0.735. The van der Waals surface area contributed by atoms with Crippen LogP contribution in [0.3, 0.4) is 0 Å². The first-order valence-corrected chi connectivity index (χ1v) is 9.07. The molecule has 1 aliphatic rings. The number of rotatable bonds is 5. The van der Waals surface area contributed by atoms with E-state index in [-0.39, 0.29) is 5.78 Å². The van der Waals surface area contributed by atoms with E-state index < -0.39 is 5.92 Å². The summed E-state index contributed by atoms with van der Waals surface area (Å²) < 4.78 is 0. The van der Waals surface area contributed by atoms with Crippen molar-refractivity contribution >= 4 is 28.7 Å². The molecule has 1 unspecified atom stereocenters. The molecule has 0 amide bonds. The van der Waals surface area contributed by atoms with Crippen LogP contribution in [0, 0.1) is 17.2 Å². The van der Waals surface area contributed by atoms with Gasteiger partial charge in [0.1, 0.15) is 5.01 Å². The van der Waals surface area contributed by atoms with Crippen LogP contribution in [0.15, 0.2) is 29.6 Å². The molecule has 3 rings (SSSR count). The van der Waals surface area contributed by atoms with Gasteiger partial charge in [-0.05, 0) is 18.1 Å². The van der Waals surface area contributed by atoms with Crippen LogP contribution >= 0.6 is 22.9 Å². The number of ketones is 1. The highest BCUT2D eigenvalue weighted by molar-refractivity contribution is 7.10. The van der Waals surface area contributed by atoms with E-state index in [0.29, 0.717) is 22.4 Å². The molecule has 0 bridgehead atoms. The van der Waals surface area contributed by atoms with Gasteiger partial charge >= 0.3 is 0 Å². The van der Waals surface area contributed by atoms with E-state index in [1.165, 1.54) is 24.2 Å². The number of aromatic nitrogens is 1. The second-order valence-electron chi connectivity index (χ2n) is 5.96. The van der Waals surface area contributed by atoms with E-state index in [9.17, 15) is 10.1 Å². The minimum absolute atomic E-state index is 0.0106. The Bertz CT molecular complexity index is 726. The van der Waals surface area contributed by atoms with Crippen molar-refractivity contribution in [2.75, 3.05) is 0 Å². The van der Waals surface area contributed by atoms with Crippen LogP contribution in [0.4, 0.5) is 0 Å². The largest absolute Gasteiger partial charge is 0.298 e. The van der Waals surface area contributed by atoms with Crippen molar-refractivity contribution in [2.45, 2.75) is 38.0 Å². The van der Waals surface area contributed by atoms with Crippen molar-refractivity contribution in [2.24, 2.45) is 5.92 Å². The number of thiazole rings is 1. The SMILES string of the molecule is N#CC(C(=O)CC1CCCC1)c1nc(-c2ccc(Cl)cc2)cs1. The Hall–Kier alpha value is -1.70. The lowest BCUT2D eigenvalue weighted by Crippen LogP contribution is -2.14. The summed E-state index contributed by atoms with van der Waals surface area (Å²) in [4.78, 5) is 17.0. The average molecular weight is 345 g/mol. The first kappa shape index (κ1) is 16.2. The van der Waals surface area contributed by atoms with Gasteiger partial charge in [0, 0.05) is 22.4 Å². The Morgan fingerprint density at radius 3 is 2.70 bits per heavy atom. The fourth-order valence-electron chi connectivity index (χ4n) is 3.06. The smallest absolute Gasteiger partial charge is 0.157 e. The van der Waals surface area contributed by atoms with Crippen LogP contribution < -0.4 is 0 Å². The molecule has 1 heterocycles. The number of carbonyl (C=O) groups is 1. The number of halogens is 1. The Kier molecular flexibility index (Phi) is 5.09. The van der Waals surface area contributed by atoms with Crippen LogP contribution in [-0.4, -0.2) is 10.8 Å². The molecule has 1 fully saturated rings. The Labute approximate surface area is 144 Å². The third-order valence-corrected chi connectivity index (χ3v) is 5.49. The molecule has 1 saturated carbocycles. The summed E-state index contributed by atoms with van der Waals surface area (Å²) >= 11 is 7.27. The lowest BCUT2D eigenvalue weighted by atomic mass is 9.94. The maximum absolute atomic E-state index is 12.4. The molecule has 1 atom stereocenters. The van der Waals surface area contributed by atoms with Crippen LogP contribution in [0.5, 0.6) is 0 Å². The van der Waals surface area contributed by atoms with Crippen molar-refractivity contribution in [1.29, 1.82) is 5.26 Å². The standard InChI is InChI=1S/C18H17ClN2OS/c19-14-7-5-13(6-8-14)16-11-23-18(21-16)15(10-20)17(22)9-12-3-1-2-4-12/h5-8,11-12,15H,1-4,9H2. The Morgan fingerprint density at radius 2 is 2.04 bits per heavy atom. The van der Waals surface area contributed by atoms with Gasteiger partial charge in [0.15, 0.2) is 11.7 Å². The molecule has 118 valence electrons. The fraction of sp³-hybridized carbons (Fsp3) is 0.389. The van der Waals surface area contributed by atoms with Crippen LogP contribution in [0.25, 0.3) is 11.3 Å². The van der Waals surface area contributed by atoms with Gasteiger partial charge in [0.25, 0.3) is 0 Å². The number of Topliss-reactive ketones (excluding diaryl/α,β-unsaturated/α-hetero) is 1. The summed E-state index contributed by atoms with van der Waals surface area (Å²) in [5.41, 5.74) is 1.73. The quantitative estimate of drug-likeness (QED) is 0.747. The van der Waals surface area contributed by atoms with Gasteiger partial charge in [0.2, 0.25) is 0 Å². The molecular formula is C18H17ClN2OS. The summed E-state index contributed by atoms with van der Waals surface area (Å²) in [6.45, 7) is 0. The van der Waals surface area contributed by atoms with E-state index in [1.807, 2.05) is 29.6 Å². The molecule has 5 heteroatoms. The summed E-state index contributed by atoms with van der Waals surface area (Å²) in [6, 6.07) is 9.54. The summed E-state index contributed by atoms with van der Waals surface area (Å²) in [5.74, 6) is -0.271. The van der Waals surface area contributed by atoms with Gasteiger partial charge in [-0.15, -0.1) is 11.3 Å². The Balaban J connectivity index is 1.75. The zero-order valence-corrected chi connectivity index (χ0v) is 14.2. The fourth-order valence-corrected chi connectivity index (χ4v) is 4.07. The van der Waals surface area contributed by atoms with E-state index in [4.69, 9.17) is 11.6 Å². The molecule has 3 nitrogen and oxygen atoms in total. The van der Waals surface area contributed by atoms with E-state index in [0.717, 1.165) is 24.1 Å². The number of nitriles is 1. The molecule has 0 spiro atoms. The predicted octanol–water partition coefficient (Wildman–Crippen LogP) is 5.22. The normalized spacial score (nSPS) is 16.2. The number of carbonyl (C=O) groups excluding carboxylic acids is 1. The third-order valence-electron chi connectivity index (χ3n) is 4.32. The molecule has 1 aromatic carbocycles. The lowest BCUT2D eigenvalue weighted by molar-refractivity contribution is -0.120. The first-order chi connectivity index (χ1) is 11.2. The van der Waals surface area contributed by atoms with Gasteiger partial charge in [-0.3, -0.25) is 4.79 Å². The zero-order chi connectivity index (χ0) is 16.2. The number of hydrogen-bond donors (Lipinski definition) is 0. The topological polar surface area (TPSA) is 53.8 Å². The van der Waals surface area contributed by atoms with E-state index in [1.54, 1.807) is 0 Å². The molecular weight excluding hydrogens is 328 g/mol. The highest BCUT2D eigenvalue weighted by Gasteiger charge is 2.27. The maximum atomic E-state index is 12.4. The molecule has 1 aliphatic carbocycles. The van der Waals surface area contributed by atoms with Crippen molar-refractivity contribution in [3.8, 4) is 17.3 Å². The second-order valence-corrected chi connectivity index (χ2v) is 7.29. The Morgan fingerprint density at radius 1 is 1.35 bits per heavy atom. The first-order valence-electron chi connectivity index (χ1n) is 7.81. The molecule has 23 heavy (non-hydrogen) atoms. The number of hydrogen-bond acceptors (Lipinski definition) is 4. The molecule has 1 aromatic heterocycles. The monoisotopic (exact) mass is 344 g/mol. The maximum Gasteiger partial charge on any atom is 0.157 e. The van der Waals surface area contributed by atoms with Crippen molar-refractivity contribution in [1.82, 2.24) is 4.98 Å². The predicted molar refractivity (Wildman–Crippen MR) is 92.5 cm³/mol. The molecule has 2 aromatic rings. The molecule has 0 N–H and O–H groups in total. The van der Waals surface area contributed by atoms with Gasteiger partial charge in [0.05, 0.1) is 11.8 Å². The lowest BCUT2D eigenvalue weighted by Gasteiger charge is -2.10. The average Bonchev–Trinajstić information content (AvgIpc) is 3.21. The van der Waals surface area contributed by atoms with Crippen LogP contribution in [0.1, 0.15) is 43.0 Å². The van der Waals surface area contributed by atoms with Crippen LogP contribution in [0.2, 0.25) is 5.02 Å². The molecule has 0 radical (unpaired) electrons. The highest BCUT2D eigenvalue weighted by Crippen LogP contribution is 2.32. The van der Waals surface area contributed by atoms with Crippen LogP contribution in [-0.2, 0) is 4.79 Å². The van der Waals surface area contributed by atoms with Crippen molar-refractivity contribution < 1.29 is 4.79 Å². The third kappa shape index (κ3) is 3.80. The minimum Gasteiger partial charge on any atom is -0.298 e. The van der Waals surface area contributed by atoms with Crippen molar-refractivity contribution in [3.05, 3.63) is 39.7 Å². The summed E-state index contributed by atoms with van der Waals surface area (Å²) in [7, 11) is 0. The summed E-state index contributed by atoms with van der Waals surface area (Å²) in [5, 5.41) is 12.6. The van der Waals surface area contributed by atoms with E-state index in [2.05, 4.69) is 11.1 Å². The van der Waals surface area contributed by atoms with E-state index >= 15 is 0 Å². The van der Waals surface area contributed by atoms with Gasteiger partial charge in [-0.1, -0.05) is 49.4 Å². The summed E-state index contributed by atoms with van der Waals surface area (Å²) in [6.07, 6.45) is 5.13. The highest BCUT2D eigenvalue weighted by atomic mass is 35.5. The van der Waals surface area contributed by atoms with Crippen molar-refractivity contribution in [3.63, 3.8) is 0 Å². The molecule has 0 aliphatic heterocycles. The molecule has 0 saturated heterocycles. The number of benzene rings is 1. The zero-order valence-electron chi connectivity index (χ0n) is 12.7. The number of nitrogens with zero attached hydrogens (tertiary/aromatic N) is 2. The van der Waals surface area contributed by atoms with Gasteiger partial charge < -0.3 is 0 Å². The van der Waals surface area contributed by atoms with Gasteiger partial charge in [-0.2, -0.15) is 5.26 Å².